The summed E-state index contributed by atoms with van der Waals surface area (Å²) in [5, 5.41) is 0. The van der Waals surface area contributed by atoms with Crippen LogP contribution >= 0.6 is 7.82 Å². The molecule has 1 aliphatic rings. The maximum atomic E-state index is 12.5. The summed E-state index contributed by atoms with van der Waals surface area (Å²) in [6, 6.07) is 0. The van der Waals surface area contributed by atoms with Gasteiger partial charge >= 0.3 is 19.8 Å². The van der Waals surface area contributed by atoms with Gasteiger partial charge in [-0.15, -0.1) is 0 Å². The molecule has 10 heteroatoms. The molecule has 3 atom stereocenters. The summed E-state index contributed by atoms with van der Waals surface area (Å²) in [5.41, 5.74) is 0. The molecular weight excluding hydrogens is 715 g/mol. The van der Waals surface area contributed by atoms with Gasteiger partial charge in [0.15, 0.2) is 6.10 Å². The molecule has 310 valence electrons. The molecule has 0 aromatic carbocycles. The Morgan fingerprint density at radius 3 is 1.65 bits per heavy atom. The van der Waals surface area contributed by atoms with Gasteiger partial charge in [-0.2, -0.15) is 0 Å². The van der Waals surface area contributed by atoms with Gasteiger partial charge in [-0.05, 0) is 96.3 Å². The Hall–Kier alpha value is -3.07. The quantitative estimate of drug-likeness (QED) is 0.0212. The first-order valence-electron chi connectivity index (χ1n) is 20.7. The number of hydrogen-bond donors (Lipinski definition) is 2. The van der Waals surface area contributed by atoms with Gasteiger partial charge in [0.2, 0.25) is 0 Å². The zero-order chi connectivity index (χ0) is 40.1. The first-order valence-corrected chi connectivity index (χ1v) is 22.2. The molecule has 55 heavy (non-hydrogen) atoms. The van der Waals surface area contributed by atoms with E-state index in [1.165, 1.54) is 19.3 Å². The molecule has 2 N–H and O–H groups in total. The van der Waals surface area contributed by atoms with E-state index in [1.54, 1.807) is 0 Å². The smallest absolute Gasteiger partial charge is 0.462 e. The average Bonchev–Trinajstić information content (AvgIpc) is 3.91. The predicted molar refractivity (Wildman–Crippen MR) is 224 cm³/mol. The topological polar surface area (TPSA) is 132 Å². The summed E-state index contributed by atoms with van der Waals surface area (Å²) >= 11 is 0. The molecule has 0 aromatic rings. The number of unbranched alkanes of at least 4 members (excludes halogenated alkanes) is 6. The van der Waals surface area contributed by atoms with E-state index >= 15 is 0 Å². The van der Waals surface area contributed by atoms with Crippen molar-refractivity contribution in [2.24, 2.45) is 0 Å². The maximum Gasteiger partial charge on any atom is 0.469 e. The van der Waals surface area contributed by atoms with Crippen LogP contribution in [0.2, 0.25) is 0 Å². The van der Waals surface area contributed by atoms with Crippen LogP contribution in [0, 0.1) is 0 Å². The second-order valence-electron chi connectivity index (χ2n) is 13.6. The van der Waals surface area contributed by atoms with Crippen LogP contribution < -0.4 is 0 Å². The van der Waals surface area contributed by atoms with Crippen molar-refractivity contribution in [3.05, 3.63) is 97.2 Å². The number of allylic oxidation sites excluding steroid dienone is 15. The molecule has 0 radical (unpaired) electrons. The fraction of sp³-hybridized carbons (Fsp3) is 0.600. The first kappa shape index (κ1) is 49.9. The van der Waals surface area contributed by atoms with E-state index < -0.39 is 32.5 Å². The normalized spacial score (nSPS) is 17.2. The van der Waals surface area contributed by atoms with Gasteiger partial charge < -0.3 is 24.0 Å². The van der Waals surface area contributed by atoms with Gasteiger partial charge in [-0.1, -0.05) is 130 Å². The van der Waals surface area contributed by atoms with Crippen LogP contribution in [-0.2, 0) is 32.9 Å². The summed E-state index contributed by atoms with van der Waals surface area (Å²) in [6.45, 7) is 3.43. The van der Waals surface area contributed by atoms with Crippen molar-refractivity contribution in [3.8, 4) is 0 Å². The molecule has 9 nitrogen and oxygen atoms in total. The number of ether oxygens (including phenoxy) is 3. The number of carbonyl (C=O) groups is 2. The highest BCUT2D eigenvalue weighted by molar-refractivity contribution is 7.46. The van der Waals surface area contributed by atoms with Crippen molar-refractivity contribution in [3.63, 3.8) is 0 Å². The number of rotatable bonds is 35. The van der Waals surface area contributed by atoms with Gasteiger partial charge in [0.05, 0.1) is 18.8 Å². The molecule has 2 unspecified atom stereocenters. The van der Waals surface area contributed by atoms with Crippen LogP contribution in [-0.4, -0.2) is 53.3 Å². The average molecular weight is 787 g/mol. The van der Waals surface area contributed by atoms with E-state index in [0.29, 0.717) is 19.3 Å². The van der Waals surface area contributed by atoms with Gasteiger partial charge in [0.1, 0.15) is 6.61 Å². The number of esters is 2. The van der Waals surface area contributed by atoms with E-state index in [9.17, 15) is 14.2 Å². The Bertz CT molecular complexity index is 1270. The summed E-state index contributed by atoms with van der Waals surface area (Å²) in [6.07, 6.45) is 51.4. The number of phosphoric ester groups is 1. The standard InChI is InChI=1S/C45H71O9P/c1-3-5-7-9-11-13-15-17-18-19-20-21-22-23-25-27-29-31-33-37-44(46)51-39-41(40-52-55(48,49)50)53-45(47)38-34-36-43-42(54-43)35-32-30-28-26-24-16-14-12-10-8-6-4-2/h5,7,11-14,17-18,20-21,23-26,30,32,41-43H,3-4,6,8-10,15-16,19,22,27-29,31,33-40H2,1-2H3,(H2,48,49,50)/b7-5-,13-11-,14-12-,18-17-,21-20-,25-23-,26-24-,32-30-/t41-,42?,43?/m1/s1. The van der Waals surface area contributed by atoms with Crippen molar-refractivity contribution in [2.75, 3.05) is 13.2 Å². The number of phosphoric acid groups is 1. The molecule has 0 spiro atoms. The van der Waals surface area contributed by atoms with Crippen molar-refractivity contribution < 1.29 is 42.7 Å². The highest BCUT2D eigenvalue weighted by Crippen LogP contribution is 2.36. The van der Waals surface area contributed by atoms with Gasteiger partial charge in [0.25, 0.3) is 0 Å². The predicted octanol–water partition coefficient (Wildman–Crippen LogP) is 11.6. The summed E-state index contributed by atoms with van der Waals surface area (Å²) in [5.74, 6) is -1.01. The SMILES string of the molecule is CC/C=C\C/C=C\C/C=C\C/C=C\C/C=C\CCCCCC(=O)OC[C@H](COP(=O)(O)O)OC(=O)CCCC1OC1C/C=C\C/C=C\C/C=C\CCCCC. The Labute approximate surface area is 332 Å². The minimum atomic E-state index is -4.79. The molecule has 0 amide bonds. The Kier molecular flexibility index (Phi) is 32.1. The van der Waals surface area contributed by atoms with E-state index in [-0.39, 0.29) is 31.7 Å². The summed E-state index contributed by atoms with van der Waals surface area (Å²) < 4.78 is 32.1. The van der Waals surface area contributed by atoms with Gasteiger partial charge in [-0.3, -0.25) is 14.1 Å². The van der Waals surface area contributed by atoms with E-state index in [4.69, 9.17) is 24.0 Å². The molecule has 1 aliphatic heterocycles. The Balaban J connectivity index is 2.17. The highest BCUT2D eigenvalue weighted by Gasteiger charge is 2.36. The lowest BCUT2D eigenvalue weighted by atomic mass is 10.1. The number of epoxide rings is 1. The summed E-state index contributed by atoms with van der Waals surface area (Å²) in [4.78, 5) is 43.0. The largest absolute Gasteiger partial charge is 0.469 e. The molecule has 1 fully saturated rings. The van der Waals surface area contributed by atoms with Crippen LogP contribution in [0.4, 0.5) is 0 Å². The molecule has 1 rings (SSSR count). The highest BCUT2D eigenvalue weighted by atomic mass is 31.2. The molecule has 0 bridgehead atoms. The van der Waals surface area contributed by atoms with E-state index in [2.05, 4.69) is 116 Å². The van der Waals surface area contributed by atoms with Crippen LogP contribution in [0.25, 0.3) is 0 Å². The lowest BCUT2D eigenvalue weighted by Gasteiger charge is -2.18. The van der Waals surface area contributed by atoms with E-state index in [1.807, 2.05) is 0 Å². The van der Waals surface area contributed by atoms with Crippen molar-refractivity contribution in [1.29, 1.82) is 0 Å². The van der Waals surface area contributed by atoms with E-state index in [0.717, 1.165) is 77.0 Å². The first-order chi connectivity index (χ1) is 26.7. The second kappa shape index (κ2) is 35.4. The molecule has 0 aliphatic carbocycles. The molecule has 1 heterocycles. The van der Waals surface area contributed by atoms with Crippen molar-refractivity contribution >= 4 is 19.8 Å². The lowest BCUT2D eigenvalue weighted by Crippen LogP contribution is -2.29. The minimum absolute atomic E-state index is 0.104. The van der Waals surface area contributed by atoms with Crippen molar-refractivity contribution in [2.45, 2.75) is 161 Å². The van der Waals surface area contributed by atoms with Gasteiger partial charge in [-0.25, -0.2) is 4.57 Å². The second-order valence-corrected chi connectivity index (χ2v) is 14.9. The fourth-order valence-electron chi connectivity index (χ4n) is 5.37. The molecule has 0 aromatic heterocycles. The zero-order valence-corrected chi connectivity index (χ0v) is 34.6. The van der Waals surface area contributed by atoms with Gasteiger partial charge in [0, 0.05) is 12.8 Å². The number of carbonyl (C=O) groups excluding carboxylic acids is 2. The lowest BCUT2D eigenvalue weighted by molar-refractivity contribution is -0.161. The zero-order valence-electron chi connectivity index (χ0n) is 33.7. The third kappa shape index (κ3) is 35.1. The third-order valence-corrected chi connectivity index (χ3v) is 9.00. The summed E-state index contributed by atoms with van der Waals surface area (Å²) in [7, 11) is -4.79. The van der Waals surface area contributed by atoms with Crippen LogP contribution in [0.15, 0.2) is 97.2 Å². The molecular formula is C45H71O9P. The molecule has 0 saturated carbocycles. The third-order valence-electron chi connectivity index (χ3n) is 8.51. The number of hydrogen-bond acceptors (Lipinski definition) is 7. The van der Waals surface area contributed by atoms with Crippen LogP contribution in [0.1, 0.15) is 142 Å². The Morgan fingerprint density at radius 1 is 0.600 bits per heavy atom. The monoisotopic (exact) mass is 786 g/mol. The Morgan fingerprint density at radius 2 is 1.11 bits per heavy atom. The fourth-order valence-corrected chi connectivity index (χ4v) is 5.73. The minimum Gasteiger partial charge on any atom is -0.462 e. The van der Waals surface area contributed by atoms with Crippen molar-refractivity contribution in [1.82, 2.24) is 0 Å². The maximum absolute atomic E-state index is 12.5. The van der Waals surface area contributed by atoms with Crippen LogP contribution in [0.5, 0.6) is 0 Å². The van der Waals surface area contributed by atoms with Crippen LogP contribution in [0.3, 0.4) is 0 Å². The molecule has 1 saturated heterocycles.